The number of anilines is 1. The largest absolute Gasteiger partial charge is 0.352 e. The first-order valence-electron chi connectivity index (χ1n) is 8.77. The smallest absolute Gasteiger partial charge is 0.251 e. The monoisotopic (exact) mass is 392 g/mol. The predicted octanol–water partition coefficient (Wildman–Crippen LogP) is 3.57. The molecule has 0 aliphatic carbocycles. The van der Waals surface area contributed by atoms with Crippen LogP contribution in [0.5, 0.6) is 0 Å². The lowest BCUT2D eigenvalue weighted by atomic mass is 10.1. The van der Waals surface area contributed by atoms with Gasteiger partial charge in [-0.1, -0.05) is 26.0 Å². The molecule has 0 bridgehead atoms. The summed E-state index contributed by atoms with van der Waals surface area (Å²) in [5, 5.41) is 2.85. The van der Waals surface area contributed by atoms with E-state index in [2.05, 4.69) is 19.2 Å². The third-order valence-electron chi connectivity index (χ3n) is 4.06. The molecule has 2 aromatic carbocycles. The van der Waals surface area contributed by atoms with E-state index in [9.17, 15) is 17.6 Å². The van der Waals surface area contributed by atoms with Crippen LogP contribution >= 0.6 is 0 Å². The van der Waals surface area contributed by atoms with Gasteiger partial charge in [0.05, 0.1) is 18.5 Å². The van der Waals surface area contributed by atoms with Gasteiger partial charge in [-0.15, -0.1) is 0 Å². The van der Waals surface area contributed by atoms with Crippen LogP contribution < -0.4 is 9.62 Å². The zero-order chi connectivity index (χ0) is 20.0. The Kier molecular flexibility index (Phi) is 6.96. The molecule has 0 heterocycles. The second-order valence-corrected chi connectivity index (χ2v) is 8.79. The zero-order valence-corrected chi connectivity index (χ0v) is 16.6. The number of nitrogens with zero attached hydrogens (tertiary/aromatic N) is 1. The third kappa shape index (κ3) is 6.36. The Morgan fingerprint density at radius 2 is 1.67 bits per heavy atom. The van der Waals surface area contributed by atoms with Crippen LogP contribution in [0.3, 0.4) is 0 Å². The van der Waals surface area contributed by atoms with E-state index in [1.165, 1.54) is 16.4 Å². The quantitative estimate of drug-likeness (QED) is 0.747. The fourth-order valence-electron chi connectivity index (χ4n) is 2.51. The van der Waals surface area contributed by atoms with Gasteiger partial charge in [0, 0.05) is 12.1 Å². The molecule has 5 nitrogen and oxygen atoms in total. The normalized spacial score (nSPS) is 11.4. The minimum atomic E-state index is -3.54. The number of rotatable bonds is 8. The minimum Gasteiger partial charge on any atom is -0.352 e. The SMILES string of the molecule is CC(C)CCNC(=O)c1ccc(N(Cc2ccc(F)cc2)S(C)(=O)=O)cc1. The van der Waals surface area contributed by atoms with Crippen molar-refractivity contribution in [1.29, 1.82) is 0 Å². The third-order valence-corrected chi connectivity index (χ3v) is 5.21. The lowest BCUT2D eigenvalue weighted by Crippen LogP contribution is -2.29. The molecule has 27 heavy (non-hydrogen) atoms. The molecule has 1 N–H and O–H groups in total. The summed E-state index contributed by atoms with van der Waals surface area (Å²) in [5.41, 5.74) is 1.58. The number of sulfonamides is 1. The van der Waals surface area contributed by atoms with Crippen LogP contribution in [0.4, 0.5) is 10.1 Å². The molecule has 146 valence electrons. The van der Waals surface area contributed by atoms with Crippen molar-refractivity contribution in [1.82, 2.24) is 5.32 Å². The fraction of sp³-hybridized carbons (Fsp3) is 0.350. The summed E-state index contributed by atoms with van der Waals surface area (Å²) in [6, 6.07) is 12.1. The van der Waals surface area contributed by atoms with Crippen LogP contribution in [0.25, 0.3) is 0 Å². The lowest BCUT2D eigenvalue weighted by molar-refractivity contribution is 0.0952. The molecular formula is C20H25FN2O3S. The summed E-state index contributed by atoms with van der Waals surface area (Å²) in [5.74, 6) is -0.0633. The summed E-state index contributed by atoms with van der Waals surface area (Å²) >= 11 is 0. The maximum absolute atomic E-state index is 13.1. The number of benzene rings is 2. The highest BCUT2D eigenvalue weighted by molar-refractivity contribution is 7.92. The molecule has 7 heteroatoms. The van der Waals surface area contributed by atoms with E-state index >= 15 is 0 Å². The summed E-state index contributed by atoms with van der Waals surface area (Å²) in [4.78, 5) is 12.1. The van der Waals surface area contributed by atoms with Crippen molar-refractivity contribution in [3.63, 3.8) is 0 Å². The molecule has 0 spiro atoms. The average molecular weight is 392 g/mol. The van der Waals surface area contributed by atoms with Gasteiger partial charge in [-0.2, -0.15) is 0 Å². The second-order valence-electron chi connectivity index (χ2n) is 6.88. The Morgan fingerprint density at radius 3 is 2.19 bits per heavy atom. The van der Waals surface area contributed by atoms with E-state index in [0.29, 0.717) is 29.3 Å². The van der Waals surface area contributed by atoms with Gasteiger partial charge in [-0.05, 0) is 54.3 Å². The van der Waals surface area contributed by atoms with Gasteiger partial charge in [0.25, 0.3) is 5.91 Å². The highest BCUT2D eigenvalue weighted by Crippen LogP contribution is 2.21. The maximum atomic E-state index is 13.1. The standard InChI is InChI=1S/C20H25FN2O3S/c1-15(2)12-13-22-20(24)17-6-10-19(11-7-17)23(27(3,25)26)14-16-4-8-18(21)9-5-16/h4-11,15H,12-14H2,1-3H3,(H,22,24). The Hall–Kier alpha value is -2.41. The van der Waals surface area contributed by atoms with Crippen molar-refractivity contribution in [2.24, 2.45) is 5.92 Å². The zero-order valence-electron chi connectivity index (χ0n) is 15.8. The van der Waals surface area contributed by atoms with E-state index in [0.717, 1.165) is 12.7 Å². The van der Waals surface area contributed by atoms with Crippen molar-refractivity contribution < 1.29 is 17.6 Å². The van der Waals surface area contributed by atoms with Crippen LogP contribution in [0, 0.1) is 11.7 Å². The molecular weight excluding hydrogens is 367 g/mol. The number of hydrogen-bond donors (Lipinski definition) is 1. The Bertz CT molecular complexity index is 863. The van der Waals surface area contributed by atoms with E-state index in [-0.39, 0.29) is 18.3 Å². The van der Waals surface area contributed by atoms with Gasteiger partial charge in [-0.25, -0.2) is 12.8 Å². The molecule has 0 saturated heterocycles. The number of nitrogens with one attached hydrogen (secondary N) is 1. The second kappa shape index (κ2) is 8.99. The van der Waals surface area contributed by atoms with E-state index in [1.807, 2.05) is 0 Å². The van der Waals surface area contributed by atoms with Gasteiger partial charge >= 0.3 is 0 Å². The molecule has 2 rings (SSSR count). The van der Waals surface area contributed by atoms with Crippen molar-refractivity contribution >= 4 is 21.6 Å². The van der Waals surface area contributed by atoms with E-state index in [1.54, 1.807) is 36.4 Å². The first kappa shape index (κ1) is 20.9. The van der Waals surface area contributed by atoms with Crippen LogP contribution in [0.15, 0.2) is 48.5 Å². The number of hydrogen-bond acceptors (Lipinski definition) is 3. The van der Waals surface area contributed by atoms with Crippen molar-refractivity contribution in [3.8, 4) is 0 Å². The molecule has 0 fully saturated rings. The molecule has 0 aliphatic rings. The van der Waals surface area contributed by atoms with E-state index in [4.69, 9.17) is 0 Å². The Balaban J connectivity index is 2.15. The number of carbonyl (C=O) groups excluding carboxylic acids is 1. The summed E-state index contributed by atoms with van der Waals surface area (Å²) in [6.07, 6.45) is 2.01. The first-order valence-corrected chi connectivity index (χ1v) is 10.6. The molecule has 2 aromatic rings. The molecule has 0 radical (unpaired) electrons. The van der Waals surface area contributed by atoms with Gasteiger partial charge < -0.3 is 5.32 Å². The van der Waals surface area contributed by atoms with Gasteiger partial charge in [0.15, 0.2) is 0 Å². The van der Waals surface area contributed by atoms with Gasteiger partial charge in [0.1, 0.15) is 5.82 Å². The highest BCUT2D eigenvalue weighted by Gasteiger charge is 2.18. The minimum absolute atomic E-state index is 0.0824. The van der Waals surface area contributed by atoms with Crippen molar-refractivity contribution in [2.45, 2.75) is 26.8 Å². The first-order chi connectivity index (χ1) is 12.7. The van der Waals surface area contributed by atoms with Crippen LogP contribution in [0.2, 0.25) is 0 Å². The molecule has 0 aliphatic heterocycles. The number of halogens is 1. The molecule has 0 unspecified atom stereocenters. The summed E-state index contributed by atoms with van der Waals surface area (Å²) in [6.45, 7) is 4.85. The Labute approximate surface area is 160 Å². The maximum Gasteiger partial charge on any atom is 0.251 e. The number of carbonyl (C=O) groups is 1. The molecule has 0 saturated carbocycles. The van der Waals surface area contributed by atoms with E-state index < -0.39 is 10.0 Å². The predicted molar refractivity (Wildman–Crippen MR) is 106 cm³/mol. The Morgan fingerprint density at radius 1 is 1.07 bits per heavy atom. The fourth-order valence-corrected chi connectivity index (χ4v) is 3.40. The molecule has 0 atom stereocenters. The lowest BCUT2D eigenvalue weighted by Gasteiger charge is -2.22. The van der Waals surface area contributed by atoms with Crippen LogP contribution in [0.1, 0.15) is 36.2 Å². The highest BCUT2D eigenvalue weighted by atomic mass is 32.2. The van der Waals surface area contributed by atoms with Crippen molar-refractivity contribution in [2.75, 3.05) is 17.1 Å². The molecule has 1 amide bonds. The summed E-state index contributed by atoms with van der Waals surface area (Å²) < 4.78 is 38.7. The van der Waals surface area contributed by atoms with Gasteiger partial charge in [-0.3, -0.25) is 9.10 Å². The summed E-state index contributed by atoms with van der Waals surface area (Å²) in [7, 11) is -3.54. The number of amides is 1. The van der Waals surface area contributed by atoms with Crippen LogP contribution in [-0.2, 0) is 16.6 Å². The molecule has 0 aromatic heterocycles. The van der Waals surface area contributed by atoms with Gasteiger partial charge in [0.2, 0.25) is 10.0 Å². The topological polar surface area (TPSA) is 66.5 Å². The van der Waals surface area contributed by atoms with Crippen LogP contribution in [-0.4, -0.2) is 27.1 Å². The van der Waals surface area contributed by atoms with Crippen molar-refractivity contribution in [3.05, 3.63) is 65.5 Å². The average Bonchev–Trinajstić information content (AvgIpc) is 2.60.